The zero-order valence-electron chi connectivity index (χ0n) is 18.8. The van der Waals surface area contributed by atoms with Crippen LogP contribution in [0.5, 0.6) is 0 Å². The number of allylic oxidation sites excluding steroid dienone is 1. The number of carbonyl (C=O) groups excluding carboxylic acids is 1. The second-order valence-electron chi connectivity index (χ2n) is 8.50. The van der Waals surface area contributed by atoms with Crippen molar-refractivity contribution < 1.29 is 22.7 Å². The summed E-state index contributed by atoms with van der Waals surface area (Å²) in [4.78, 5) is 21.3. The Hall–Kier alpha value is -3.62. The normalized spacial score (nSPS) is 14.1. The van der Waals surface area contributed by atoms with Crippen LogP contribution < -0.4 is 0 Å². The van der Waals surface area contributed by atoms with Crippen LogP contribution in [0, 0.1) is 5.82 Å². The quantitative estimate of drug-likeness (QED) is 0.258. The van der Waals surface area contributed by atoms with Crippen molar-refractivity contribution in [1.82, 2.24) is 19.1 Å². The summed E-state index contributed by atoms with van der Waals surface area (Å²) in [6.07, 6.45) is 3.00. The van der Waals surface area contributed by atoms with Crippen LogP contribution in [0.15, 0.2) is 43.0 Å². The van der Waals surface area contributed by atoms with Crippen molar-refractivity contribution in [1.29, 1.82) is 0 Å². The van der Waals surface area contributed by atoms with E-state index in [0.29, 0.717) is 46.1 Å². The van der Waals surface area contributed by atoms with Gasteiger partial charge in [0.05, 0.1) is 35.9 Å². The van der Waals surface area contributed by atoms with Gasteiger partial charge in [0.15, 0.2) is 5.82 Å². The molecule has 0 amide bonds. The zero-order chi connectivity index (χ0) is 24.2. The molecule has 9 heteroatoms. The Kier molecular flexibility index (Phi) is 5.22. The molecule has 5 rings (SSSR count). The standard InChI is InChI=1S/C25H23F3N4O2/c1-4-15-7-6-14-10-21(31(22(14)29-15)13-25(27,28)5-2)23-30-19-11-17(24(33)34-3)18(26)12-20(19)32(23)16-8-9-16/h5-7,10-12,16H,2,4,8-9,13H2,1,3H3. The lowest BCUT2D eigenvalue weighted by Crippen LogP contribution is -2.22. The van der Waals surface area contributed by atoms with E-state index in [1.807, 2.05) is 23.6 Å². The number of imidazole rings is 1. The summed E-state index contributed by atoms with van der Waals surface area (Å²) in [6.45, 7) is 4.56. The van der Waals surface area contributed by atoms with Gasteiger partial charge in [-0.2, -0.15) is 0 Å². The van der Waals surface area contributed by atoms with Gasteiger partial charge in [-0.3, -0.25) is 0 Å². The minimum absolute atomic E-state index is 0.0638. The molecule has 0 atom stereocenters. The molecule has 0 spiro atoms. The number of halogens is 3. The third-order valence-corrected chi connectivity index (χ3v) is 6.16. The number of ether oxygens (including phenoxy) is 1. The lowest BCUT2D eigenvalue weighted by atomic mass is 10.2. The largest absolute Gasteiger partial charge is 0.465 e. The Bertz CT molecular complexity index is 1450. The first-order valence-corrected chi connectivity index (χ1v) is 11.1. The number of alkyl halides is 2. The molecule has 0 bridgehead atoms. The van der Waals surface area contributed by atoms with Gasteiger partial charge in [-0.25, -0.2) is 27.9 Å². The van der Waals surface area contributed by atoms with Crippen LogP contribution in [0.4, 0.5) is 13.2 Å². The van der Waals surface area contributed by atoms with Gasteiger partial charge in [-0.1, -0.05) is 13.5 Å². The van der Waals surface area contributed by atoms with Gasteiger partial charge in [0.25, 0.3) is 5.92 Å². The van der Waals surface area contributed by atoms with Crippen molar-refractivity contribution >= 4 is 28.0 Å². The fraction of sp³-hybridized carbons (Fsp3) is 0.320. The monoisotopic (exact) mass is 468 g/mol. The van der Waals surface area contributed by atoms with Crippen molar-refractivity contribution in [2.24, 2.45) is 0 Å². The smallest absolute Gasteiger partial charge is 0.340 e. The third kappa shape index (κ3) is 3.65. The summed E-state index contributed by atoms with van der Waals surface area (Å²) in [7, 11) is 1.18. The molecule has 0 N–H and O–H groups in total. The molecule has 0 aliphatic heterocycles. The number of rotatable bonds is 7. The first-order chi connectivity index (χ1) is 16.3. The maximum atomic E-state index is 14.8. The van der Waals surface area contributed by atoms with E-state index in [-0.39, 0.29) is 11.6 Å². The molecule has 4 aromatic rings. The van der Waals surface area contributed by atoms with Gasteiger partial charge in [-0.05, 0) is 49.6 Å². The van der Waals surface area contributed by atoms with E-state index in [4.69, 9.17) is 0 Å². The number of benzene rings is 1. The SMILES string of the molecule is C=CC(F)(F)Cn1c(-c2nc3cc(C(=O)OC)c(F)cc3n2C2CC2)cc2ccc(CC)nc21. The Balaban J connectivity index is 1.79. The summed E-state index contributed by atoms with van der Waals surface area (Å²) in [5.74, 6) is -4.28. The number of nitrogens with zero attached hydrogens (tertiary/aromatic N) is 4. The summed E-state index contributed by atoms with van der Waals surface area (Å²) in [5, 5.41) is 0.697. The first kappa shape index (κ1) is 22.2. The molecule has 1 fully saturated rings. The summed E-state index contributed by atoms with van der Waals surface area (Å²) >= 11 is 0. The van der Waals surface area contributed by atoms with Crippen LogP contribution in [-0.4, -0.2) is 38.1 Å². The first-order valence-electron chi connectivity index (χ1n) is 11.1. The van der Waals surface area contributed by atoms with Gasteiger partial charge in [0.2, 0.25) is 0 Å². The lowest BCUT2D eigenvalue weighted by molar-refractivity contribution is 0.0379. The number of hydrogen-bond acceptors (Lipinski definition) is 4. The number of aromatic nitrogens is 4. The maximum absolute atomic E-state index is 14.8. The Morgan fingerprint density at radius 3 is 2.68 bits per heavy atom. The topological polar surface area (TPSA) is 61.9 Å². The Morgan fingerprint density at radius 1 is 1.26 bits per heavy atom. The van der Waals surface area contributed by atoms with Crippen molar-refractivity contribution in [3.05, 3.63) is 60.1 Å². The fourth-order valence-corrected chi connectivity index (χ4v) is 4.25. The maximum Gasteiger partial charge on any atom is 0.340 e. The second kappa shape index (κ2) is 8.00. The average Bonchev–Trinajstić information content (AvgIpc) is 3.52. The van der Waals surface area contributed by atoms with Gasteiger partial charge < -0.3 is 13.9 Å². The van der Waals surface area contributed by atoms with E-state index in [0.717, 1.165) is 18.5 Å². The van der Waals surface area contributed by atoms with Crippen LogP contribution in [0.1, 0.15) is 41.9 Å². The predicted octanol–water partition coefficient (Wildman–Crippen LogP) is 5.70. The van der Waals surface area contributed by atoms with E-state index < -0.39 is 24.3 Å². The molecule has 1 aromatic carbocycles. The van der Waals surface area contributed by atoms with Crippen molar-refractivity contribution in [3.63, 3.8) is 0 Å². The molecule has 6 nitrogen and oxygen atoms in total. The molecule has 0 radical (unpaired) electrons. The highest BCUT2D eigenvalue weighted by Gasteiger charge is 2.33. The third-order valence-electron chi connectivity index (χ3n) is 6.16. The van der Waals surface area contributed by atoms with E-state index in [1.54, 1.807) is 6.07 Å². The molecule has 0 saturated heterocycles. The number of pyridine rings is 1. The van der Waals surface area contributed by atoms with Gasteiger partial charge in [0, 0.05) is 23.2 Å². The number of esters is 1. The van der Waals surface area contributed by atoms with Crippen molar-refractivity contribution in [2.45, 2.75) is 44.7 Å². The summed E-state index contributed by atoms with van der Waals surface area (Å²) in [6, 6.07) is 8.16. The minimum Gasteiger partial charge on any atom is -0.465 e. The van der Waals surface area contributed by atoms with Gasteiger partial charge in [0.1, 0.15) is 11.5 Å². The minimum atomic E-state index is -3.18. The van der Waals surface area contributed by atoms with Crippen LogP contribution >= 0.6 is 0 Å². The highest BCUT2D eigenvalue weighted by Crippen LogP contribution is 2.43. The van der Waals surface area contributed by atoms with Crippen LogP contribution in [0.25, 0.3) is 33.6 Å². The summed E-state index contributed by atoms with van der Waals surface area (Å²) < 4.78 is 51.8. The van der Waals surface area contributed by atoms with E-state index >= 15 is 0 Å². The number of hydrogen-bond donors (Lipinski definition) is 0. The molecule has 0 unspecified atom stereocenters. The number of fused-ring (bicyclic) bond motifs is 2. The van der Waals surface area contributed by atoms with Crippen molar-refractivity contribution in [3.8, 4) is 11.5 Å². The van der Waals surface area contributed by atoms with E-state index in [2.05, 4.69) is 21.3 Å². The number of methoxy groups -OCH3 is 1. The molecule has 3 aromatic heterocycles. The predicted molar refractivity (Wildman–Crippen MR) is 123 cm³/mol. The van der Waals surface area contributed by atoms with E-state index in [9.17, 15) is 18.0 Å². The Morgan fingerprint density at radius 2 is 2.03 bits per heavy atom. The van der Waals surface area contributed by atoms with Crippen LogP contribution in [0.2, 0.25) is 0 Å². The van der Waals surface area contributed by atoms with Gasteiger partial charge in [-0.15, -0.1) is 0 Å². The average molecular weight is 468 g/mol. The molecule has 3 heterocycles. The summed E-state index contributed by atoms with van der Waals surface area (Å²) in [5.41, 5.74) is 2.30. The van der Waals surface area contributed by atoms with E-state index in [1.165, 1.54) is 23.8 Å². The number of carbonyl (C=O) groups is 1. The Labute approximate surface area is 193 Å². The molecule has 1 aliphatic rings. The zero-order valence-corrected chi connectivity index (χ0v) is 18.8. The highest BCUT2D eigenvalue weighted by atomic mass is 19.3. The molecule has 1 aliphatic carbocycles. The fourth-order valence-electron chi connectivity index (χ4n) is 4.25. The lowest BCUT2D eigenvalue weighted by Gasteiger charge is -2.17. The molecular weight excluding hydrogens is 445 g/mol. The number of aryl methyl sites for hydroxylation is 1. The molecule has 1 saturated carbocycles. The molecule has 34 heavy (non-hydrogen) atoms. The highest BCUT2D eigenvalue weighted by molar-refractivity contribution is 5.95. The molecule has 176 valence electrons. The van der Waals surface area contributed by atoms with Crippen LogP contribution in [-0.2, 0) is 17.7 Å². The van der Waals surface area contributed by atoms with Crippen LogP contribution in [0.3, 0.4) is 0 Å². The van der Waals surface area contributed by atoms with Gasteiger partial charge >= 0.3 is 5.97 Å². The molecular formula is C25H23F3N4O2. The second-order valence-corrected chi connectivity index (χ2v) is 8.50. The van der Waals surface area contributed by atoms with Crippen molar-refractivity contribution in [2.75, 3.05) is 7.11 Å².